The smallest absolute Gasteiger partial charge is 0.122 e. The Hall–Kier alpha value is -2.17. The Balaban J connectivity index is 1.79. The highest BCUT2D eigenvalue weighted by Gasteiger charge is 2.17. The van der Waals surface area contributed by atoms with Gasteiger partial charge in [-0.25, -0.2) is 0 Å². The second-order valence-electron chi connectivity index (χ2n) is 8.48. The van der Waals surface area contributed by atoms with E-state index in [9.17, 15) is 0 Å². The van der Waals surface area contributed by atoms with Gasteiger partial charge in [0.15, 0.2) is 0 Å². The second-order valence-corrected chi connectivity index (χ2v) is 8.48. The van der Waals surface area contributed by atoms with E-state index in [0.717, 1.165) is 36.7 Å². The van der Waals surface area contributed by atoms with Crippen LogP contribution in [0, 0.1) is 18.3 Å². The average Bonchev–Trinajstić information content (AvgIpc) is 2.72. The van der Waals surface area contributed by atoms with Gasteiger partial charge < -0.3 is 11.1 Å². The molecule has 1 heterocycles. The third-order valence-corrected chi connectivity index (χ3v) is 5.85. The van der Waals surface area contributed by atoms with Gasteiger partial charge in [-0.05, 0) is 80.6 Å². The molecule has 0 spiro atoms. The molecule has 2 aromatic carbocycles. The Bertz CT molecular complexity index is 808. The van der Waals surface area contributed by atoms with Crippen LogP contribution in [0.15, 0.2) is 42.5 Å². The molecular weight excluding hydrogens is 356 g/mol. The van der Waals surface area contributed by atoms with Crippen molar-refractivity contribution < 1.29 is 0 Å². The predicted octanol–water partition coefficient (Wildman–Crippen LogP) is 4.55. The van der Waals surface area contributed by atoms with E-state index in [1.54, 1.807) is 0 Å². The summed E-state index contributed by atoms with van der Waals surface area (Å²) in [5.74, 6) is 0.928. The van der Waals surface area contributed by atoms with Crippen molar-refractivity contribution in [1.29, 1.82) is 5.41 Å². The topological polar surface area (TPSA) is 65.1 Å². The van der Waals surface area contributed by atoms with E-state index < -0.39 is 0 Å². The highest BCUT2D eigenvalue weighted by molar-refractivity contribution is 5.96. The number of aryl methyl sites for hydroxylation is 1. The lowest BCUT2D eigenvalue weighted by Crippen LogP contribution is -2.36. The molecule has 0 radical (unpaired) electrons. The molecule has 0 aliphatic carbocycles. The van der Waals surface area contributed by atoms with Crippen LogP contribution in [-0.4, -0.2) is 36.9 Å². The largest absolute Gasteiger partial charge is 0.384 e. The molecule has 4 nitrogen and oxygen atoms in total. The summed E-state index contributed by atoms with van der Waals surface area (Å²) in [6.07, 6.45) is 5.07. The van der Waals surface area contributed by atoms with E-state index >= 15 is 0 Å². The molecule has 0 amide bonds. The molecule has 1 fully saturated rings. The minimum Gasteiger partial charge on any atom is -0.384 e. The monoisotopic (exact) mass is 392 g/mol. The third-order valence-electron chi connectivity index (χ3n) is 5.85. The van der Waals surface area contributed by atoms with Crippen molar-refractivity contribution >= 4 is 5.84 Å². The maximum absolute atomic E-state index is 7.72. The van der Waals surface area contributed by atoms with Gasteiger partial charge in [-0.1, -0.05) is 49.2 Å². The quantitative estimate of drug-likeness (QED) is 0.433. The van der Waals surface area contributed by atoms with Gasteiger partial charge in [0.1, 0.15) is 5.84 Å². The van der Waals surface area contributed by atoms with Gasteiger partial charge in [-0.2, -0.15) is 0 Å². The molecular formula is C25H36N4. The molecule has 0 unspecified atom stereocenters. The van der Waals surface area contributed by atoms with Crippen molar-refractivity contribution in [3.8, 4) is 11.1 Å². The van der Waals surface area contributed by atoms with E-state index in [4.69, 9.17) is 11.1 Å². The fraction of sp³-hybridized carbons (Fsp3) is 0.480. The SMILES string of the molecule is CCCCN(Cc1cc(C)cc(-c2cccc(C(=N)N)c2)c1)CC1CCNCC1. The summed E-state index contributed by atoms with van der Waals surface area (Å²) in [6.45, 7) is 10.1. The van der Waals surface area contributed by atoms with E-state index in [0.29, 0.717) is 0 Å². The Morgan fingerprint density at radius 1 is 1.14 bits per heavy atom. The summed E-state index contributed by atoms with van der Waals surface area (Å²) in [5.41, 5.74) is 11.5. The zero-order valence-corrected chi connectivity index (χ0v) is 18.0. The zero-order chi connectivity index (χ0) is 20.6. The highest BCUT2D eigenvalue weighted by atomic mass is 15.1. The van der Waals surface area contributed by atoms with Gasteiger partial charge in [-0.3, -0.25) is 10.3 Å². The summed E-state index contributed by atoms with van der Waals surface area (Å²) in [5, 5.41) is 11.2. The molecule has 0 aromatic heterocycles. The van der Waals surface area contributed by atoms with E-state index in [1.165, 1.54) is 55.5 Å². The van der Waals surface area contributed by atoms with Crippen molar-refractivity contribution in [2.75, 3.05) is 26.2 Å². The van der Waals surface area contributed by atoms with Crippen LogP contribution in [0.2, 0.25) is 0 Å². The van der Waals surface area contributed by atoms with Gasteiger partial charge in [0.25, 0.3) is 0 Å². The van der Waals surface area contributed by atoms with Crippen molar-refractivity contribution in [2.24, 2.45) is 11.7 Å². The Morgan fingerprint density at radius 3 is 2.66 bits per heavy atom. The number of hydrogen-bond donors (Lipinski definition) is 3. The molecule has 156 valence electrons. The van der Waals surface area contributed by atoms with Crippen molar-refractivity contribution in [2.45, 2.75) is 46.1 Å². The number of nitrogens with two attached hydrogens (primary N) is 1. The minimum atomic E-state index is 0.118. The molecule has 1 aliphatic heterocycles. The first-order valence-corrected chi connectivity index (χ1v) is 11.0. The Kier molecular flexibility index (Phi) is 7.84. The maximum atomic E-state index is 7.72. The van der Waals surface area contributed by atoms with Crippen LogP contribution in [0.25, 0.3) is 11.1 Å². The summed E-state index contributed by atoms with van der Waals surface area (Å²) < 4.78 is 0. The number of benzene rings is 2. The lowest BCUT2D eigenvalue weighted by molar-refractivity contribution is 0.196. The van der Waals surface area contributed by atoms with E-state index in [-0.39, 0.29) is 5.84 Å². The van der Waals surface area contributed by atoms with Crippen molar-refractivity contribution in [3.05, 3.63) is 59.2 Å². The summed E-state index contributed by atoms with van der Waals surface area (Å²) in [6, 6.07) is 14.9. The first kappa shape index (κ1) is 21.5. The van der Waals surface area contributed by atoms with Gasteiger partial charge in [-0.15, -0.1) is 0 Å². The van der Waals surface area contributed by atoms with Crippen LogP contribution in [0.3, 0.4) is 0 Å². The number of amidine groups is 1. The van der Waals surface area contributed by atoms with Crippen LogP contribution in [0.4, 0.5) is 0 Å². The molecule has 1 aliphatic rings. The van der Waals surface area contributed by atoms with Gasteiger partial charge in [0, 0.05) is 18.7 Å². The molecule has 0 bridgehead atoms. The third kappa shape index (κ3) is 6.41. The number of unbranched alkanes of at least 4 members (excludes halogenated alkanes) is 1. The normalized spacial score (nSPS) is 15.0. The van der Waals surface area contributed by atoms with Crippen LogP contribution < -0.4 is 11.1 Å². The second kappa shape index (κ2) is 10.6. The van der Waals surface area contributed by atoms with Crippen LogP contribution in [-0.2, 0) is 6.54 Å². The standard InChI is InChI=1S/C25H36N4/c1-3-4-12-29(17-20-8-10-28-11-9-20)18-21-13-19(2)14-24(15-21)22-6-5-7-23(16-22)25(26)27/h5-7,13-16,20,28H,3-4,8-12,17-18H2,1-2H3,(H3,26,27). The maximum Gasteiger partial charge on any atom is 0.122 e. The van der Waals surface area contributed by atoms with Crippen molar-refractivity contribution in [3.63, 3.8) is 0 Å². The predicted molar refractivity (Wildman–Crippen MR) is 123 cm³/mol. The van der Waals surface area contributed by atoms with Gasteiger partial charge >= 0.3 is 0 Å². The fourth-order valence-electron chi connectivity index (χ4n) is 4.29. The summed E-state index contributed by atoms with van der Waals surface area (Å²) in [7, 11) is 0. The number of hydrogen-bond acceptors (Lipinski definition) is 3. The Labute approximate surface area is 176 Å². The lowest BCUT2D eigenvalue weighted by atomic mass is 9.96. The number of piperidine rings is 1. The molecule has 29 heavy (non-hydrogen) atoms. The number of nitrogen functional groups attached to an aromatic ring is 1. The van der Waals surface area contributed by atoms with Crippen molar-refractivity contribution in [1.82, 2.24) is 10.2 Å². The first-order chi connectivity index (χ1) is 14.0. The van der Waals surface area contributed by atoms with Crippen LogP contribution >= 0.6 is 0 Å². The lowest BCUT2D eigenvalue weighted by Gasteiger charge is -2.30. The molecule has 3 rings (SSSR count). The molecule has 2 aromatic rings. The molecule has 0 atom stereocenters. The average molecular weight is 393 g/mol. The zero-order valence-electron chi connectivity index (χ0n) is 18.0. The summed E-state index contributed by atoms with van der Waals surface area (Å²) in [4.78, 5) is 2.66. The summed E-state index contributed by atoms with van der Waals surface area (Å²) >= 11 is 0. The van der Waals surface area contributed by atoms with Crippen LogP contribution in [0.1, 0.15) is 49.3 Å². The first-order valence-electron chi connectivity index (χ1n) is 11.0. The van der Waals surface area contributed by atoms with Gasteiger partial charge in [0.05, 0.1) is 0 Å². The molecule has 4 heteroatoms. The van der Waals surface area contributed by atoms with E-state index in [2.05, 4.69) is 48.3 Å². The molecule has 4 N–H and O–H groups in total. The number of nitrogens with one attached hydrogen (secondary N) is 2. The number of rotatable bonds is 9. The van der Waals surface area contributed by atoms with Crippen LogP contribution in [0.5, 0.6) is 0 Å². The molecule has 0 saturated carbocycles. The Morgan fingerprint density at radius 2 is 1.93 bits per heavy atom. The van der Waals surface area contributed by atoms with E-state index in [1.807, 2.05) is 18.2 Å². The van der Waals surface area contributed by atoms with Gasteiger partial charge in [0.2, 0.25) is 0 Å². The molecule has 1 saturated heterocycles. The highest BCUT2D eigenvalue weighted by Crippen LogP contribution is 2.25. The minimum absolute atomic E-state index is 0.118. The number of nitrogens with zero attached hydrogens (tertiary/aromatic N) is 1. The fourth-order valence-corrected chi connectivity index (χ4v) is 4.29.